The number of nitriles is 3. The summed E-state index contributed by atoms with van der Waals surface area (Å²) in [6.07, 6.45) is 0. The lowest BCUT2D eigenvalue weighted by atomic mass is 10.0. The van der Waals surface area contributed by atoms with Gasteiger partial charge in [0.2, 0.25) is 0 Å². The molecule has 0 aliphatic carbocycles. The van der Waals surface area contributed by atoms with Crippen LogP contribution in [0.1, 0.15) is 16.7 Å². The summed E-state index contributed by atoms with van der Waals surface area (Å²) in [7, 11) is 0. The molecule has 92 valence electrons. The maximum atomic E-state index is 9.09. The Kier molecular flexibility index (Phi) is 3.83. The quantitative estimate of drug-likeness (QED) is 0.767. The van der Waals surface area contributed by atoms with Crippen LogP contribution < -0.4 is 0 Å². The number of hydrogen-bond acceptors (Lipinski definition) is 5. The van der Waals surface area contributed by atoms with Crippen LogP contribution in [0.25, 0.3) is 0 Å². The van der Waals surface area contributed by atoms with Crippen molar-refractivity contribution in [2.45, 2.75) is 0 Å². The van der Waals surface area contributed by atoms with Crippen LogP contribution in [0, 0.1) is 34.0 Å². The van der Waals surface area contributed by atoms with E-state index in [4.69, 9.17) is 15.8 Å². The molecule has 0 aliphatic heterocycles. The molecule has 20 heavy (non-hydrogen) atoms. The molecule has 0 aliphatic rings. The van der Waals surface area contributed by atoms with E-state index >= 15 is 0 Å². The molecule has 2 aromatic rings. The number of benzene rings is 2. The van der Waals surface area contributed by atoms with Crippen LogP contribution in [0.5, 0.6) is 0 Å². The van der Waals surface area contributed by atoms with Gasteiger partial charge in [-0.05, 0) is 24.3 Å². The molecule has 0 fully saturated rings. The van der Waals surface area contributed by atoms with Crippen LogP contribution in [0.2, 0.25) is 0 Å². The Labute approximate surface area is 115 Å². The molecule has 2 rings (SSSR count). The van der Waals surface area contributed by atoms with Gasteiger partial charge in [0.1, 0.15) is 17.8 Å². The molecule has 5 nitrogen and oxygen atoms in total. The molecule has 0 aromatic heterocycles. The van der Waals surface area contributed by atoms with Crippen molar-refractivity contribution in [1.82, 2.24) is 0 Å². The van der Waals surface area contributed by atoms with Gasteiger partial charge in [-0.15, -0.1) is 5.11 Å². The molecule has 0 bridgehead atoms. The predicted octanol–water partition coefficient (Wildman–Crippen LogP) is 3.72. The number of rotatable bonds is 2. The summed E-state index contributed by atoms with van der Waals surface area (Å²) >= 11 is 0. The second kappa shape index (κ2) is 5.91. The van der Waals surface area contributed by atoms with E-state index in [1.165, 1.54) is 12.1 Å². The van der Waals surface area contributed by atoms with Crippen molar-refractivity contribution >= 4 is 11.4 Å². The molecular formula is C15H7N5. The van der Waals surface area contributed by atoms with Gasteiger partial charge in [0, 0.05) is 0 Å². The zero-order chi connectivity index (χ0) is 14.4. The van der Waals surface area contributed by atoms with Gasteiger partial charge in [0.05, 0.1) is 28.4 Å². The zero-order valence-corrected chi connectivity index (χ0v) is 10.3. The summed E-state index contributed by atoms with van der Waals surface area (Å²) in [6.45, 7) is 0. The van der Waals surface area contributed by atoms with E-state index in [2.05, 4.69) is 10.2 Å². The third-order valence-corrected chi connectivity index (χ3v) is 2.50. The molecule has 0 unspecified atom stereocenters. The van der Waals surface area contributed by atoms with Gasteiger partial charge in [0.25, 0.3) is 0 Å². The highest BCUT2D eigenvalue weighted by Gasteiger charge is 2.10. The average Bonchev–Trinajstić information content (AvgIpc) is 2.52. The molecule has 0 amide bonds. The number of nitrogens with zero attached hydrogens (tertiary/aromatic N) is 5. The van der Waals surface area contributed by atoms with Crippen molar-refractivity contribution in [1.29, 1.82) is 15.8 Å². The van der Waals surface area contributed by atoms with Gasteiger partial charge >= 0.3 is 0 Å². The van der Waals surface area contributed by atoms with Crippen LogP contribution in [0.3, 0.4) is 0 Å². The third-order valence-electron chi connectivity index (χ3n) is 2.50. The van der Waals surface area contributed by atoms with Crippen molar-refractivity contribution in [2.75, 3.05) is 0 Å². The lowest BCUT2D eigenvalue weighted by Gasteiger charge is -2.00. The summed E-state index contributed by atoms with van der Waals surface area (Å²) in [5, 5.41) is 35.0. The Morgan fingerprint density at radius 2 is 1.35 bits per heavy atom. The highest BCUT2D eigenvalue weighted by atomic mass is 15.1. The van der Waals surface area contributed by atoms with E-state index in [-0.39, 0.29) is 22.4 Å². The first-order chi connectivity index (χ1) is 9.78. The van der Waals surface area contributed by atoms with E-state index < -0.39 is 0 Å². The standard InChI is InChI=1S/C15H7N5/c16-8-11-6-12(9-17)15(13(7-11)10-18)20-19-14-4-2-1-3-5-14/h1-7H. The van der Waals surface area contributed by atoms with E-state index in [1.54, 1.807) is 12.1 Å². The minimum atomic E-state index is 0.153. The molecule has 5 heteroatoms. The van der Waals surface area contributed by atoms with Crippen LogP contribution >= 0.6 is 0 Å². The minimum absolute atomic E-state index is 0.153. The molecule has 0 heterocycles. The largest absolute Gasteiger partial charge is 0.192 e. The van der Waals surface area contributed by atoms with Gasteiger partial charge in [-0.3, -0.25) is 0 Å². The molecule has 0 atom stereocenters. The van der Waals surface area contributed by atoms with E-state index in [0.717, 1.165) is 0 Å². The first-order valence-corrected chi connectivity index (χ1v) is 5.63. The minimum Gasteiger partial charge on any atom is -0.192 e. The molecule has 0 saturated heterocycles. The normalized spacial score (nSPS) is 9.65. The van der Waals surface area contributed by atoms with Crippen molar-refractivity contribution < 1.29 is 0 Å². The maximum absolute atomic E-state index is 9.09. The van der Waals surface area contributed by atoms with Gasteiger partial charge in [-0.25, -0.2) is 0 Å². The van der Waals surface area contributed by atoms with Crippen LogP contribution in [-0.2, 0) is 0 Å². The summed E-state index contributed by atoms with van der Waals surface area (Å²) in [5.41, 5.74) is 1.35. The van der Waals surface area contributed by atoms with Crippen LogP contribution in [0.4, 0.5) is 11.4 Å². The highest BCUT2D eigenvalue weighted by molar-refractivity contribution is 5.65. The third kappa shape index (κ3) is 2.67. The van der Waals surface area contributed by atoms with Gasteiger partial charge in [0.15, 0.2) is 0 Å². The SMILES string of the molecule is N#Cc1cc(C#N)c(N=Nc2ccccc2)c(C#N)c1. The second-order valence-electron chi connectivity index (χ2n) is 3.79. The first kappa shape index (κ1) is 13.0. The van der Waals surface area contributed by atoms with Gasteiger partial charge in [-0.1, -0.05) is 18.2 Å². The summed E-state index contributed by atoms with van der Waals surface area (Å²) in [6, 6.07) is 17.5. The van der Waals surface area contributed by atoms with E-state index in [1.807, 2.05) is 36.4 Å². The van der Waals surface area contributed by atoms with Crippen LogP contribution in [-0.4, -0.2) is 0 Å². The topological polar surface area (TPSA) is 96.1 Å². The van der Waals surface area contributed by atoms with E-state index in [9.17, 15) is 0 Å². The monoisotopic (exact) mass is 257 g/mol. The zero-order valence-electron chi connectivity index (χ0n) is 10.3. The van der Waals surface area contributed by atoms with Crippen LogP contribution in [0.15, 0.2) is 52.7 Å². The van der Waals surface area contributed by atoms with E-state index in [0.29, 0.717) is 5.69 Å². The Morgan fingerprint density at radius 1 is 0.750 bits per heavy atom. The smallest absolute Gasteiger partial charge is 0.121 e. The first-order valence-electron chi connectivity index (χ1n) is 5.63. The lowest BCUT2D eigenvalue weighted by Crippen LogP contribution is -1.86. The molecule has 0 N–H and O–H groups in total. The number of azo groups is 1. The Hall–Kier alpha value is -3.49. The van der Waals surface area contributed by atoms with Crippen molar-refractivity contribution in [3.63, 3.8) is 0 Å². The van der Waals surface area contributed by atoms with Gasteiger partial charge < -0.3 is 0 Å². The van der Waals surface area contributed by atoms with Crippen molar-refractivity contribution in [3.8, 4) is 18.2 Å². The number of hydrogen-bond donors (Lipinski definition) is 0. The lowest BCUT2D eigenvalue weighted by molar-refractivity contribution is 1.21. The van der Waals surface area contributed by atoms with Crippen molar-refractivity contribution in [3.05, 3.63) is 59.2 Å². The fraction of sp³-hybridized carbons (Fsp3) is 0. The molecule has 2 aromatic carbocycles. The highest BCUT2D eigenvalue weighted by Crippen LogP contribution is 2.27. The predicted molar refractivity (Wildman–Crippen MR) is 71.2 cm³/mol. The van der Waals surface area contributed by atoms with Gasteiger partial charge in [-0.2, -0.15) is 20.9 Å². The molecule has 0 spiro atoms. The maximum Gasteiger partial charge on any atom is 0.121 e. The Bertz CT molecular complexity index is 751. The second-order valence-corrected chi connectivity index (χ2v) is 3.79. The summed E-state index contributed by atoms with van der Waals surface area (Å²) < 4.78 is 0. The molecule has 0 radical (unpaired) electrons. The summed E-state index contributed by atoms with van der Waals surface area (Å²) in [5.74, 6) is 0. The van der Waals surface area contributed by atoms with Crippen molar-refractivity contribution in [2.24, 2.45) is 10.2 Å². The Morgan fingerprint density at radius 3 is 1.85 bits per heavy atom. The Balaban J connectivity index is 2.52. The summed E-state index contributed by atoms with van der Waals surface area (Å²) in [4.78, 5) is 0. The molecule has 0 saturated carbocycles. The molecular weight excluding hydrogens is 250 g/mol. The fourth-order valence-electron chi connectivity index (χ4n) is 1.58. The fourth-order valence-corrected chi connectivity index (χ4v) is 1.58. The average molecular weight is 257 g/mol.